The minimum atomic E-state index is -0.521. The summed E-state index contributed by atoms with van der Waals surface area (Å²) in [5.74, 6) is -0.439. The van der Waals surface area contributed by atoms with Gasteiger partial charge in [0.2, 0.25) is 0 Å². The minimum Gasteiger partial charge on any atom is -0.350 e. The topological polar surface area (TPSA) is 125 Å². The van der Waals surface area contributed by atoms with Crippen molar-refractivity contribution in [1.29, 1.82) is 0 Å². The van der Waals surface area contributed by atoms with Crippen molar-refractivity contribution in [3.8, 4) is 0 Å². The molecule has 0 atom stereocenters. The lowest BCUT2D eigenvalue weighted by Crippen LogP contribution is -2.28. The molecule has 0 bridgehead atoms. The number of hydrogen-bond acceptors (Lipinski definition) is 6. The molecule has 0 spiro atoms. The molecule has 33 heavy (non-hydrogen) atoms. The Kier molecular flexibility index (Phi) is 6.18. The van der Waals surface area contributed by atoms with Crippen molar-refractivity contribution in [3.05, 3.63) is 97.2 Å². The van der Waals surface area contributed by atoms with Crippen molar-refractivity contribution >= 4 is 34.2 Å². The molecule has 1 amide bonds. The van der Waals surface area contributed by atoms with Gasteiger partial charge in [-0.2, -0.15) is 5.10 Å². The summed E-state index contributed by atoms with van der Waals surface area (Å²) in [5, 5.41) is 19.0. The van der Waals surface area contributed by atoms with Gasteiger partial charge in [0, 0.05) is 28.8 Å². The molecule has 11 heteroatoms. The number of nitrogens with zero attached hydrogens (tertiary/aromatic N) is 5. The number of halogens is 1. The van der Waals surface area contributed by atoms with Gasteiger partial charge in [-0.05, 0) is 30.7 Å². The quantitative estimate of drug-likeness (QED) is 0.330. The summed E-state index contributed by atoms with van der Waals surface area (Å²) in [7, 11) is 0. The maximum absolute atomic E-state index is 12.8. The lowest BCUT2D eigenvalue weighted by Gasteiger charge is -2.08. The van der Waals surface area contributed by atoms with Gasteiger partial charge in [-0.3, -0.25) is 24.3 Å². The summed E-state index contributed by atoms with van der Waals surface area (Å²) in [6, 6.07) is 11.5. The molecule has 0 saturated heterocycles. The fourth-order valence-corrected chi connectivity index (χ4v) is 3.64. The molecular weight excluding hydrogens is 448 g/mol. The van der Waals surface area contributed by atoms with E-state index in [0.717, 1.165) is 5.56 Å². The molecule has 2 aromatic heterocycles. The third-order valence-electron chi connectivity index (χ3n) is 5.14. The van der Waals surface area contributed by atoms with E-state index in [9.17, 15) is 19.7 Å². The summed E-state index contributed by atoms with van der Waals surface area (Å²) < 4.78 is 3.00. The number of benzene rings is 2. The number of carbonyl (C=O) groups excluding carboxylic acids is 1. The average molecular weight is 467 g/mol. The Morgan fingerprint density at radius 2 is 2.06 bits per heavy atom. The number of carbonyl (C=O) groups is 1. The zero-order valence-electron chi connectivity index (χ0n) is 17.6. The number of hydrogen-bond donors (Lipinski definition) is 1. The van der Waals surface area contributed by atoms with Gasteiger partial charge < -0.3 is 5.32 Å². The highest BCUT2D eigenvalue weighted by Crippen LogP contribution is 2.19. The molecule has 0 saturated carbocycles. The zero-order chi connectivity index (χ0) is 23.5. The number of rotatable bonds is 7. The SMILES string of the molecule is Cc1ccc(C(=O)NCCn2ncc3c(=O)n(Cc4cccc(Cl)c4)cnc32)cc1[N+](=O)[O-]. The second-order valence-electron chi connectivity index (χ2n) is 7.43. The third-order valence-corrected chi connectivity index (χ3v) is 5.38. The van der Waals surface area contributed by atoms with Crippen LogP contribution in [0.15, 0.2) is 59.8 Å². The first kappa shape index (κ1) is 22.2. The van der Waals surface area contributed by atoms with E-state index >= 15 is 0 Å². The van der Waals surface area contributed by atoms with E-state index in [1.54, 1.807) is 19.1 Å². The molecule has 168 valence electrons. The molecule has 0 aliphatic carbocycles. The maximum atomic E-state index is 12.8. The fraction of sp³-hybridized carbons (Fsp3) is 0.182. The van der Waals surface area contributed by atoms with Crippen molar-refractivity contribution < 1.29 is 9.72 Å². The lowest BCUT2D eigenvalue weighted by molar-refractivity contribution is -0.385. The summed E-state index contributed by atoms with van der Waals surface area (Å²) in [6.07, 6.45) is 2.90. The molecule has 10 nitrogen and oxygen atoms in total. The van der Waals surface area contributed by atoms with Crippen LogP contribution in [0.2, 0.25) is 5.02 Å². The van der Waals surface area contributed by atoms with Crippen LogP contribution in [0.1, 0.15) is 21.5 Å². The van der Waals surface area contributed by atoms with Crippen molar-refractivity contribution in [3.63, 3.8) is 0 Å². The normalized spacial score (nSPS) is 11.0. The number of aryl methyl sites for hydroxylation is 1. The van der Waals surface area contributed by atoms with Crippen LogP contribution in [0.25, 0.3) is 11.0 Å². The van der Waals surface area contributed by atoms with Crippen LogP contribution in [0.4, 0.5) is 5.69 Å². The van der Waals surface area contributed by atoms with Crippen molar-refractivity contribution in [2.45, 2.75) is 20.0 Å². The van der Waals surface area contributed by atoms with E-state index in [2.05, 4.69) is 15.4 Å². The van der Waals surface area contributed by atoms with Crippen molar-refractivity contribution in [2.75, 3.05) is 6.54 Å². The molecule has 2 heterocycles. The van der Waals surface area contributed by atoms with E-state index in [4.69, 9.17) is 11.6 Å². The molecule has 2 aromatic carbocycles. The van der Waals surface area contributed by atoms with Crippen LogP contribution >= 0.6 is 11.6 Å². The van der Waals surface area contributed by atoms with Crippen molar-refractivity contribution in [1.82, 2.24) is 24.6 Å². The number of nitrogens with one attached hydrogen (secondary N) is 1. The predicted octanol–water partition coefficient (Wildman–Crippen LogP) is 2.94. The highest BCUT2D eigenvalue weighted by molar-refractivity contribution is 6.30. The van der Waals surface area contributed by atoms with Crippen molar-refractivity contribution in [2.24, 2.45) is 0 Å². The number of nitro benzene ring substituents is 1. The second-order valence-corrected chi connectivity index (χ2v) is 7.86. The van der Waals surface area contributed by atoms with Gasteiger partial charge in [0.05, 0.1) is 24.2 Å². The van der Waals surface area contributed by atoms with Crippen LogP contribution in [0.5, 0.6) is 0 Å². The number of fused-ring (bicyclic) bond motifs is 1. The molecule has 0 aliphatic rings. The first-order valence-electron chi connectivity index (χ1n) is 10.0. The van der Waals surface area contributed by atoms with E-state index in [1.807, 2.05) is 12.1 Å². The highest BCUT2D eigenvalue weighted by Gasteiger charge is 2.15. The highest BCUT2D eigenvalue weighted by atomic mass is 35.5. The number of amides is 1. The van der Waals surface area contributed by atoms with E-state index in [1.165, 1.54) is 40.0 Å². The molecular formula is C22H19ClN6O4. The summed E-state index contributed by atoms with van der Waals surface area (Å²) in [4.78, 5) is 40.1. The van der Waals surface area contributed by atoms with Gasteiger partial charge in [-0.15, -0.1) is 0 Å². The van der Waals surface area contributed by atoms with Crippen LogP contribution < -0.4 is 10.9 Å². The molecule has 0 unspecified atom stereocenters. The van der Waals surface area contributed by atoms with Gasteiger partial charge in [0.15, 0.2) is 5.65 Å². The van der Waals surface area contributed by atoms with E-state index in [-0.39, 0.29) is 29.9 Å². The van der Waals surface area contributed by atoms with Gasteiger partial charge in [0.25, 0.3) is 17.2 Å². The van der Waals surface area contributed by atoms with Crippen LogP contribution in [0.3, 0.4) is 0 Å². The number of nitro groups is 1. The Balaban J connectivity index is 1.45. The third kappa shape index (κ3) is 4.75. The average Bonchev–Trinajstić information content (AvgIpc) is 3.19. The van der Waals surface area contributed by atoms with Gasteiger partial charge in [-0.1, -0.05) is 29.8 Å². The molecule has 4 rings (SSSR count). The minimum absolute atomic E-state index is 0.112. The van der Waals surface area contributed by atoms with E-state index in [0.29, 0.717) is 28.2 Å². The Morgan fingerprint density at radius 1 is 1.24 bits per heavy atom. The molecule has 1 N–H and O–H groups in total. The molecule has 4 aromatic rings. The first-order valence-corrected chi connectivity index (χ1v) is 10.4. The van der Waals surface area contributed by atoms with Gasteiger partial charge in [0.1, 0.15) is 11.7 Å². The Labute approximate surface area is 192 Å². The lowest BCUT2D eigenvalue weighted by atomic mass is 10.1. The first-order chi connectivity index (χ1) is 15.8. The Bertz CT molecular complexity index is 1430. The Morgan fingerprint density at radius 3 is 2.82 bits per heavy atom. The summed E-state index contributed by atoms with van der Waals surface area (Å²) in [5.41, 5.74) is 1.60. The van der Waals surface area contributed by atoms with Crippen LogP contribution in [-0.2, 0) is 13.1 Å². The maximum Gasteiger partial charge on any atom is 0.273 e. The largest absolute Gasteiger partial charge is 0.350 e. The fourth-order valence-electron chi connectivity index (χ4n) is 3.43. The number of aromatic nitrogens is 4. The van der Waals surface area contributed by atoms with Crippen LogP contribution in [0, 0.1) is 17.0 Å². The van der Waals surface area contributed by atoms with Gasteiger partial charge >= 0.3 is 0 Å². The summed E-state index contributed by atoms with van der Waals surface area (Å²) >= 11 is 6.01. The summed E-state index contributed by atoms with van der Waals surface area (Å²) in [6.45, 7) is 2.41. The standard InChI is InChI=1S/C22H19ClN6O4/c1-14-5-6-16(10-19(14)29(32)33)21(30)24-7-8-28-20-18(11-26-28)22(31)27(13-25-20)12-15-3-2-4-17(23)9-15/h2-6,9-11,13H,7-8,12H2,1H3,(H,24,30). The van der Waals surface area contributed by atoms with Crippen LogP contribution in [-0.4, -0.2) is 36.7 Å². The van der Waals surface area contributed by atoms with E-state index < -0.39 is 10.8 Å². The second kappa shape index (κ2) is 9.21. The Hall–Kier alpha value is -4.05. The monoisotopic (exact) mass is 466 g/mol. The molecule has 0 fully saturated rings. The molecule has 0 radical (unpaired) electrons. The predicted molar refractivity (Wildman–Crippen MR) is 123 cm³/mol. The smallest absolute Gasteiger partial charge is 0.273 e. The zero-order valence-corrected chi connectivity index (χ0v) is 18.3. The van der Waals surface area contributed by atoms with Gasteiger partial charge in [-0.25, -0.2) is 9.67 Å². The molecule has 0 aliphatic heterocycles.